The molecule has 0 aromatic carbocycles. The molecule has 1 heterocycles. The molecule has 100 valence electrons. The third kappa shape index (κ3) is 3.96. The van der Waals surface area contributed by atoms with E-state index < -0.39 is 0 Å². The summed E-state index contributed by atoms with van der Waals surface area (Å²) in [7, 11) is 0. The Morgan fingerprint density at radius 3 is 2.76 bits per heavy atom. The van der Waals surface area contributed by atoms with Gasteiger partial charge in [0.1, 0.15) is 6.04 Å². The summed E-state index contributed by atoms with van der Waals surface area (Å²) in [5.41, 5.74) is 0. The van der Waals surface area contributed by atoms with Crippen molar-refractivity contribution in [1.82, 2.24) is 4.90 Å². The molecule has 1 aliphatic rings. The van der Waals surface area contributed by atoms with Crippen LogP contribution < -0.4 is 0 Å². The van der Waals surface area contributed by atoms with Gasteiger partial charge in [-0.1, -0.05) is 6.92 Å². The molecule has 4 nitrogen and oxygen atoms in total. The number of aliphatic hydroxyl groups is 1. The highest BCUT2D eigenvalue weighted by molar-refractivity contribution is 5.75. The van der Waals surface area contributed by atoms with Gasteiger partial charge in [-0.2, -0.15) is 0 Å². The van der Waals surface area contributed by atoms with Gasteiger partial charge in [0.25, 0.3) is 0 Å². The molecule has 1 rings (SSSR count). The van der Waals surface area contributed by atoms with E-state index in [4.69, 9.17) is 4.74 Å². The van der Waals surface area contributed by atoms with Crippen LogP contribution in [0, 0.1) is 0 Å². The van der Waals surface area contributed by atoms with Gasteiger partial charge < -0.3 is 9.84 Å². The Balaban J connectivity index is 2.63. The SMILES string of the molecule is CCOC(=O)C(CC)N1CCCC1CC(C)O. The Kier molecular flexibility index (Phi) is 5.92. The molecular formula is C13H25NO3. The molecule has 0 bridgehead atoms. The number of carbonyl (C=O) groups excluding carboxylic acids is 1. The second kappa shape index (κ2) is 6.97. The van der Waals surface area contributed by atoms with Crippen LogP contribution in [0.4, 0.5) is 0 Å². The quantitative estimate of drug-likeness (QED) is 0.719. The highest BCUT2D eigenvalue weighted by Crippen LogP contribution is 2.25. The summed E-state index contributed by atoms with van der Waals surface area (Å²) < 4.78 is 5.12. The smallest absolute Gasteiger partial charge is 0.323 e. The maximum atomic E-state index is 11.9. The summed E-state index contributed by atoms with van der Waals surface area (Å²) in [6.07, 6.45) is 3.39. The van der Waals surface area contributed by atoms with Crippen LogP contribution in [-0.4, -0.2) is 47.3 Å². The van der Waals surface area contributed by atoms with Crippen molar-refractivity contribution < 1.29 is 14.6 Å². The van der Waals surface area contributed by atoms with Gasteiger partial charge >= 0.3 is 5.97 Å². The molecule has 3 atom stereocenters. The molecule has 3 unspecified atom stereocenters. The van der Waals surface area contributed by atoms with E-state index in [9.17, 15) is 9.90 Å². The van der Waals surface area contributed by atoms with Gasteiger partial charge in [-0.25, -0.2) is 0 Å². The first-order valence-electron chi connectivity index (χ1n) is 6.70. The lowest BCUT2D eigenvalue weighted by Gasteiger charge is -2.31. The predicted molar refractivity (Wildman–Crippen MR) is 66.7 cm³/mol. The van der Waals surface area contributed by atoms with Crippen molar-refractivity contribution in [2.24, 2.45) is 0 Å². The lowest BCUT2D eigenvalue weighted by atomic mass is 10.1. The van der Waals surface area contributed by atoms with Crippen LogP contribution in [0.5, 0.6) is 0 Å². The van der Waals surface area contributed by atoms with Gasteiger partial charge in [-0.3, -0.25) is 9.69 Å². The predicted octanol–water partition coefficient (Wildman–Crippen LogP) is 1.56. The normalized spacial score (nSPS) is 24.6. The first kappa shape index (κ1) is 14.5. The van der Waals surface area contributed by atoms with E-state index in [-0.39, 0.29) is 18.1 Å². The van der Waals surface area contributed by atoms with Crippen LogP contribution in [0.1, 0.15) is 46.5 Å². The minimum atomic E-state index is -0.305. The Bertz CT molecular complexity index is 243. The van der Waals surface area contributed by atoms with Crippen LogP contribution in [0.2, 0.25) is 0 Å². The Morgan fingerprint density at radius 1 is 1.53 bits per heavy atom. The minimum Gasteiger partial charge on any atom is -0.465 e. The van der Waals surface area contributed by atoms with Crippen molar-refractivity contribution in [3.8, 4) is 0 Å². The fourth-order valence-corrected chi connectivity index (χ4v) is 2.69. The summed E-state index contributed by atoms with van der Waals surface area (Å²) >= 11 is 0. The molecule has 1 fully saturated rings. The molecule has 0 saturated carbocycles. The molecule has 0 aromatic rings. The van der Waals surface area contributed by atoms with Crippen molar-refractivity contribution in [1.29, 1.82) is 0 Å². The summed E-state index contributed by atoms with van der Waals surface area (Å²) in [5, 5.41) is 9.48. The molecule has 0 radical (unpaired) electrons. The van der Waals surface area contributed by atoms with Gasteiger partial charge in [-0.15, -0.1) is 0 Å². The first-order chi connectivity index (χ1) is 8.10. The zero-order valence-corrected chi connectivity index (χ0v) is 11.2. The number of ether oxygens (including phenoxy) is 1. The number of hydrogen-bond donors (Lipinski definition) is 1. The lowest BCUT2D eigenvalue weighted by Crippen LogP contribution is -2.45. The third-order valence-corrected chi connectivity index (χ3v) is 3.38. The monoisotopic (exact) mass is 243 g/mol. The van der Waals surface area contributed by atoms with E-state index in [0.29, 0.717) is 12.6 Å². The Hall–Kier alpha value is -0.610. The standard InChI is InChI=1S/C13H25NO3/c1-4-12(13(16)17-5-2)14-8-6-7-11(14)9-10(3)15/h10-12,15H,4-9H2,1-3H3. The number of carbonyl (C=O) groups is 1. The molecule has 1 aliphatic heterocycles. The van der Waals surface area contributed by atoms with Gasteiger partial charge in [-0.05, 0) is 46.1 Å². The van der Waals surface area contributed by atoms with Gasteiger partial charge in [0.05, 0.1) is 12.7 Å². The largest absolute Gasteiger partial charge is 0.465 e. The zero-order valence-electron chi connectivity index (χ0n) is 11.2. The van der Waals surface area contributed by atoms with Crippen LogP contribution >= 0.6 is 0 Å². The third-order valence-electron chi connectivity index (χ3n) is 3.38. The number of rotatable bonds is 6. The van der Waals surface area contributed by atoms with Gasteiger partial charge in [0.15, 0.2) is 0 Å². The van der Waals surface area contributed by atoms with E-state index >= 15 is 0 Å². The molecule has 0 aliphatic carbocycles. The number of aliphatic hydroxyl groups excluding tert-OH is 1. The maximum absolute atomic E-state index is 11.9. The summed E-state index contributed by atoms with van der Waals surface area (Å²) in [6, 6.07) is 0.186. The number of nitrogens with zero attached hydrogens (tertiary/aromatic N) is 1. The minimum absolute atomic E-state index is 0.118. The Labute approximate surface area is 104 Å². The molecule has 17 heavy (non-hydrogen) atoms. The van der Waals surface area contributed by atoms with E-state index in [1.54, 1.807) is 0 Å². The first-order valence-corrected chi connectivity index (χ1v) is 6.70. The van der Waals surface area contributed by atoms with E-state index in [1.165, 1.54) is 0 Å². The number of esters is 1. The van der Waals surface area contributed by atoms with E-state index in [2.05, 4.69) is 4.90 Å². The van der Waals surface area contributed by atoms with Crippen LogP contribution in [0.3, 0.4) is 0 Å². The highest BCUT2D eigenvalue weighted by Gasteiger charge is 2.34. The highest BCUT2D eigenvalue weighted by atomic mass is 16.5. The summed E-state index contributed by atoms with van der Waals surface area (Å²) in [6.45, 7) is 7.03. The Morgan fingerprint density at radius 2 is 2.24 bits per heavy atom. The lowest BCUT2D eigenvalue weighted by molar-refractivity contribution is -0.150. The van der Waals surface area contributed by atoms with Gasteiger partial charge in [0.2, 0.25) is 0 Å². The summed E-state index contributed by atoms with van der Waals surface area (Å²) in [4.78, 5) is 14.1. The van der Waals surface area contributed by atoms with Gasteiger partial charge in [0, 0.05) is 6.04 Å². The van der Waals surface area contributed by atoms with Crippen molar-refractivity contribution in [2.45, 2.75) is 64.6 Å². The van der Waals surface area contributed by atoms with Crippen molar-refractivity contribution in [2.75, 3.05) is 13.2 Å². The van der Waals surface area contributed by atoms with Crippen molar-refractivity contribution >= 4 is 5.97 Å². The van der Waals surface area contributed by atoms with Crippen molar-refractivity contribution in [3.63, 3.8) is 0 Å². The molecule has 4 heteroatoms. The van der Waals surface area contributed by atoms with Crippen LogP contribution in [0.25, 0.3) is 0 Å². The zero-order chi connectivity index (χ0) is 12.8. The molecule has 1 N–H and O–H groups in total. The van der Waals surface area contributed by atoms with E-state index in [1.807, 2.05) is 20.8 Å². The number of likely N-dealkylation sites (tertiary alicyclic amines) is 1. The topological polar surface area (TPSA) is 49.8 Å². The second-order valence-electron chi connectivity index (χ2n) is 4.79. The summed E-state index contributed by atoms with van der Waals surface area (Å²) in [5.74, 6) is -0.118. The van der Waals surface area contributed by atoms with Crippen LogP contribution in [-0.2, 0) is 9.53 Å². The number of hydrogen-bond acceptors (Lipinski definition) is 4. The average molecular weight is 243 g/mol. The fourth-order valence-electron chi connectivity index (χ4n) is 2.69. The van der Waals surface area contributed by atoms with Crippen LogP contribution in [0.15, 0.2) is 0 Å². The van der Waals surface area contributed by atoms with Crippen molar-refractivity contribution in [3.05, 3.63) is 0 Å². The maximum Gasteiger partial charge on any atom is 0.323 e. The molecule has 0 spiro atoms. The fraction of sp³-hybridized carbons (Fsp3) is 0.923. The average Bonchev–Trinajstić information content (AvgIpc) is 2.67. The molecule has 0 aromatic heterocycles. The van der Waals surface area contributed by atoms with E-state index in [0.717, 1.165) is 32.2 Å². The molecular weight excluding hydrogens is 218 g/mol. The second-order valence-corrected chi connectivity index (χ2v) is 4.79. The molecule has 1 saturated heterocycles. The molecule has 0 amide bonds.